The van der Waals surface area contributed by atoms with Gasteiger partial charge in [-0.1, -0.05) is 13.8 Å². The molecule has 100 valence electrons. The fourth-order valence-corrected chi connectivity index (χ4v) is 1.53. The lowest BCUT2D eigenvalue weighted by molar-refractivity contribution is 0.0702. The van der Waals surface area contributed by atoms with Crippen LogP contribution < -0.4 is 11.3 Å². The second kappa shape index (κ2) is 5.77. The highest BCUT2D eigenvalue weighted by molar-refractivity contribution is 5.95. The average molecular weight is 254 g/mol. The zero-order valence-electron chi connectivity index (χ0n) is 11.1. The number of carbonyl (C=O) groups excluding carboxylic acids is 1. The predicted molar refractivity (Wildman–Crippen MR) is 68.4 cm³/mol. The highest BCUT2D eigenvalue weighted by atomic mass is 19.1. The van der Waals surface area contributed by atoms with Crippen molar-refractivity contribution in [3.8, 4) is 0 Å². The highest BCUT2D eigenvalue weighted by Crippen LogP contribution is 2.18. The first kappa shape index (κ1) is 14.4. The molecule has 18 heavy (non-hydrogen) atoms. The summed E-state index contributed by atoms with van der Waals surface area (Å²) < 4.78 is 13.9. The molecule has 0 aliphatic rings. The Morgan fingerprint density at radius 3 is 2.61 bits per heavy atom. The van der Waals surface area contributed by atoms with Gasteiger partial charge in [0.05, 0.1) is 5.56 Å². The highest BCUT2D eigenvalue weighted by Gasteiger charge is 2.23. The largest absolute Gasteiger partial charge is 0.339 e. The summed E-state index contributed by atoms with van der Waals surface area (Å²) in [4.78, 5) is 17.4. The van der Waals surface area contributed by atoms with Crippen LogP contribution in [0, 0.1) is 11.7 Å². The van der Waals surface area contributed by atoms with E-state index in [1.807, 2.05) is 20.8 Å². The first-order valence-electron chi connectivity index (χ1n) is 5.78. The van der Waals surface area contributed by atoms with Crippen molar-refractivity contribution in [2.75, 3.05) is 12.5 Å². The number of hydrogen-bond acceptors (Lipinski definition) is 4. The molecule has 1 rings (SSSR count). The van der Waals surface area contributed by atoms with Gasteiger partial charge in [0, 0.05) is 19.3 Å². The van der Waals surface area contributed by atoms with Crippen molar-refractivity contribution in [3.63, 3.8) is 0 Å². The number of carbonyl (C=O) groups is 1. The van der Waals surface area contributed by atoms with Crippen molar-refractivity contribution in [1.29, 1.82) is 0 Å². The van der Waals surface area contributed by atoms with E-state index in [4.69, 9.17) is 5.84 Å². The molecule has 5 nitrogen and oxygen atoms in total. The van der Waals surface area contributed by atoms with Crippen LogP contribution in [0.3, 0.4) is 0 Å². The number of amides is 1. The van der Waals surface area contributed by atoms with Crippen molar-refractivity contribution in [3.05, 3.63) is 23.6 Å². The number of rotatable bonds is 4. The van der Waals surface area contributed by atoms with Crippen LogP contribution in [-0.2, 0) is 0 Å². The molecular formula is C12H19FN4O. The number of nitrogens with one attached hydrogen (secondary N) is 1. The number of nitrogens with zero attached hydrogens (tertiary/aromatic N) is 2. The molecule has 1 heterocycles. The van der Waals surface area contributed by atoms with Gasteiger partial charge in [-0.3, -0.25) is 4.79 Å². The van der Waals surface area contributed by atoms with Crippen LogP contribution in [0.1, 0.15) is 31.1 Å². The number of anilines is 1. The third-order valence-corrected chi connectivity index (χ3v) is 3.15. The molecule has 0 saturated carbocycles. The summed E-state index contributed by atoms with van der Waals surface area (Å²) in [6, 6.07) is 1.36. The number of pyridine rings is 1. The third-order valence-electron chi connectivity index (χ3n) is 3.15. The Morgan fingerprint density at radius 1 is 1.50 bits per heavy atom. The van der Waals surface area contributed by atoms with Gasteiger partial charge in [0.25, 0.3) is 5.91 Å². The van der Waals surface area contributed by atoms with Gasteiger partial charge in [-0.05, 0) is 18.9 Å². The molecule has 0 fully saturated rings. The number of nitrogens with two attached hydrogens (primary N) is 1. The first-order chi connectivity index (χ1) is 8.40. The van der Waals surface area contributed by atoms with Crippen molar-refractivity contribution in [2.45, 2.75) is 26.8 Å². The third kappa shape index (κ3) is 2.76. The fraction of sp³-hybridized carbons (Fsp3) is 0.500. The van der Waals surface area contributed by atoms with E-state index in [0.717, 1.165) is 0 Å². The lowest BCUT2D eigenvalue weighted by Gasteiger charge is -2.28. The molecule has 0 saturated heterocycles. The summed E-state index contributed by atoms with van der Waals surface area (Å²) in [6.07, 6.45) is 1.35. The number of hydrazine groups is 1. The van der Waals surface area contributed by atoms with E-state index >= 15 is 0 Å². The van der Waals surface area contributed by atoms with Gasteiger partial charge < -0.3 is 10.3 Å². The first-order valence-corrected chi connectivity index (χ1v) is 5.78. The van der Waals surface area contributed by atoms with Crippen molar-refractivity contribution in [2.24, 2.45) is 11.8 Å². The lowest BCUT2D eigenvalue weighted by Crippen LogP contribution is -2.38. The van der Waals surface area contributed by atoms with Gasteiger partial charge in [-0.25, -0.2) is 15.2 Å². The molecule has 0 bridgehead atoms. The zero-order valence-corrected chi connectivity index (χ0v) is 11.1. The molecule has 3 N–H and O–H groups in total. The molecule has 0 aliphatic heterocycles. The van der Waals surface area contributed by atoms with Crippen LogP contribution in [0.25, 0.3) is 0 Å². The maximum absolute atomic E-state index is 13.9. The van der Waals surface area contributed by atoms with Gasteiger partial charge in [-0.15, -0.1) is 0 Å². The molecule has 6 heteroatoms. The van der Waals surface area contributed by atoms with Crippen LogP contribution in [0.4, 0.5) is 10.2 Å². The quantitative estimate of drug-likeness (QED) is 0.632. The van der Waals surface area contributed by atoms with E-state index in [0.29, 0.717) is 0 Å². The summed E-state index contributed by atoms with van der Waals surface area (Å²) in [7, 11) is 1.66. The van der Waals surface area contributed by atoms with Crippen LogP contribution in [0.15, 0.2) is 12.3 Å². The van der Waals surface area contributed by atoms with Gasteiger partial charge in [0.1, 0.15) is 0 Å². The van der Waals surface area contributed by atoms with E-state index < -0.39 is 5.82 Å². The minimum Gasteiger partial charge on any atom is -0.339 e. The van der Waals surface area contributed by atoms with Gasteiger partial charge in [0.2, 0.25) is 0 Å². The molecule has 0 spiro atoms. The van der Waals surface area contributed by atoms with Gasteiger partial charge in [-0.2, -0.15) is 0 Å². The number of hydrogen-bond donors (Lipinski definition) is 2. The minimum absolute atomic E-state index is 0.0133. The van der Waals surface area contributed by atoms with Crippen LogP contribution in [-0.4, -0.2) is 28.9 Å². The predicted octanol–water partition coefficient (Wildman–Crippen LogP) is 1.62. The molecule has 1 aromatic rings. The molecular weight excluding hydrogens is 235 g/mol. The fourth-order valence-electron chi connectivity index (χ4n) is 1.53. The maximum Gasteiger partial charge on any atom is 0.257 e. The van der Waals surface area contributed by atoms with Crippen LogP contribution >= 0.6 is 0 Å². The normalized spacial score (nSPS) is 12.4. The zero-order chi connectivity index (χ0) is 13.9. The molecule has 1 atom stereocenters. The Morgan fingerprint density at radius 2 is 2.11 bits per heavy atom. The molecule has 0 aromatic carbocycles. The van der Waals surface area contributed by atoms with E-state index in [1.165, 1.54) is 17.2 Å². The monoisotopic (exact) mass is 254 g/mol. The number of nitrogen functional groups attached to an aromatic ring is 1. The Labute approximate surface area is 106 Å². The lowest BCUT2D eigenvalue weighted by atomic mass is 10.0. The molecule has 0 aliphatic carbocycles. The number of halogens is 1. The molecule has 1 unspecified atom stereocenters. The number of aromatic nitrogens is 1. The summed E-state index contributed by atoms with van der Waals surface area (Å²) in [5.74, 6) is 4.17. The summed E-state index contributed by atoms with van der Waals surface area (Å²) in [5.41, 5.74) is 2.09. The molecule has 1 aromatic heterocycles. The van der Waals surface area contributed by atoms with Crippen LogP contribution in [0.2, 0.25) is 0 Å². The summed E-state index contributed by atoms with van der Waals surface area (Å²) in [6.45, 7) is 5.93. The topological polar surface area (TPSA) is 71.2 Å². The van der Waals surface area contributed by atoms with Gasteiger partial charge >= 0.3 is 0 Å². The Kier molecular flexibility index (Phi) is 4.61. The molecule has 0 radical (unpaired) electrons. The van der Waals surface area contributed by atoms with E-state index in [-0.39, 0.29) is 29.2 Å². The molecule has 1 amide bonds. The second-order valence-corrected chi connectivity index (χ2v) is 4.57. The summed E-state index contributed by atoms with van der Waals surface area (Å²) >= 11 is 0. The maximum atomic E-state index is 13.9. The Balaban J connectivity index is 3.04. The standard InChI is InChI=1S/C12H19FN4O/c1-7(2)8(3)17(4)12(18)9-5-6-15-11(16-14)10(9)13/h5-8H,14H2,1-4H3,(H,15,16). The Bertz CT molecular complexity index is 436. The van der Waals surface area contributed by atoms with Crippen molar-refractivity contribution < 1.29 is 9.18 Å². The SMILES string of the molecule is CC(C)C(C)N(C)C(=O)c1ccnc(NN)c1F. The minimum atomic E-state index is -0.729. The smallest absolute Gasteiger partial charge is 0.257 e. The Hall–Kier alpha value is -1.69. The van der Waals surface area contributed by atoms with Crippen molar-refractivity contribution >= 4 is 11.7 Å². The average Bonchev–Trinajstić information content (AvgIpc) is 2.36. The van der Waals surface area contributed by atoms with Crippen LogP contribution in [0.5, 0.6) is 0 Å². The van der Waals surface area contributed by atoms with E-state index in [1.54, 1.807) is 7.05 Å². The summed E-state index contributed by atoms with van der Waals surface area (Å²) in [5, 5.41) is 0. The van der Waals surface area contributed by atoms with Crippen molar-refractivity contribution in [1.82, 2.24) is 9.88 Å². The van der Waals surface area contributed by atoms with Gasteiger partial charge in [0.15, 0.2) is 11.6 Å². The van der Waals surface area contributed by atoms with E-state index in [9.17, 15) is 9.18 Å². The second-order valence-electron chi connectivity index (χ2n) is 4.57. The van der Waals surface area contributed by atoms with E-state index in [2.05, 4.69) is 10.4 Å².